The first kappa shape index (κ1) is 17.7. The van der Waals surface area contributed by atoms with E-state index < -0.39 is 17.2 Å². The van der Waals surface area contributed by atoms with Gasteiger partial charge in [0.15, 0.2) is 11.5 Å². The van der Waals surface area contributed by atoms with Crippen molar-refractivity contribution >= 4 is 0 Å². The third kappa shape index (κ3) is 3.29. The molecule has 128 valence electrons. The van der Waals surface area contributed by atoms with E-state index in [0.717, 1.165) is 12.1 Å². The molecule has 0 N–H and O–H groups in total. The van der Waals surface area contributed by atoms with Gasteiger partial charge >= 0.3 is 6.18 Å². The summed E-state index contributed by atoms with van der Waals surface area (Å²) in [5.74, 6) is 0.0985. The molecule has 0 bridgehead atoms. The minimum absolute atomic E-state index is 0.0464. The van der Waals surface area contributed by atoms with E-state index in [0.29, 0.717) is 11.1 Å². The summed E-state index contributed by atoms with van der Waals surface area (Å²) in [5, 5.41) is 0. The molecular weight excluding hydrogens is 325 g/mol. The summed E-state index contributed by atoms with van der Waals surface area (Å²) in [7, 11) is 3.99. The second-order valence-corrected chi connectivity index (χ2v) is 4.79. The van der Waals surface area contributed by atoms with Crippen LogP contribution in [-0.2, 0) is 6.18 Å². The molecule has 2 aromatic carbocycles. The minimum atomic E-state index is -4.43. The molecular formula is C17H15F3O4. The molecule has 0 atom stereocenters. The first-order valence-electron chi connectivity index (χ1n) is 6.84. The van der Waals surface area contributed by atoms with E-state index in [-0.39, 0.29) is 17.2 Å². The molecule has 0 saturated carbocycles. The van der Waals surface area contributed by atoms with Gasteiger partial charge in [0.25, 0.3) is 5.43 Å². The highest BCUT2D eigenvalue weighted by atomic mass is 19.4. The number of hydrogen-bond donors (Lipinski definition) is 0. The molecule has 0 amide bonds. The lowest BCUT2D eigenvalue weighted by atomic mass is 10.0. The lowest BCUT2D eigenvalue weighted by molar-refractivity contribution is -0.137. The number of hydrogen-bond acceptors (Lipinski definition) is 4. The molecule has 0 fully saturated rings. The Morgan fingerprint density at radius 2 is 1.38 bits per heavy atom. The average Bonchev–Trinajstić information content (AvgIpc) is 2.69. The van der Waals surface area contributed by atoms with Gasteiger partial charge in [-0.3, -0.25) is 4.79 Å². The summed E-state index contributed by atoms with van der Waals surface area (Å²) in [5.41, 5.74) is -0.602. The maximum atomic E-state index is 12.7. The average molecular weight is 340 g/mol. The van der Waals surface area contributed by atoms with E-state index in [2.05, 4.69) is 0 Å². The molecule has 4 nitrogen and oxygen atoms in total. The highest BCUT2D eigenvalue weighted by molar-refractivity contribution is 5.72. The molecule has 2 rings (SSSR count). The van der Waals surface area contributed by atoms with Gasteiger partial charge in [-0.15, -0.1) is 0 Å². The van der Waals surface area contributed by atoms with Gasteiger partial charge in [-0.05, 0) is 29.8 Å². The van der Waals surface area contributed by atoms with Gasteiger partial charge in [0, 0.05) is 5.56 Å². The van der Waals surface area contributed by atoms with E-state index in [1.54, 1.807) is 0 Å². The fourth-order valence-electron chi connectivity index (χ4n) is 2.27. The number of rotatable bonds is 4. The van der Waals surface area contributed by atoms with Crippen molar-refractivity contribution in [3.63, 3.8) is 0 Å². The maximum absolute atomic E-state index is 12.7. The first-order chi connectivity index (χ1) is 11.3. The smallest absolute Gasteiger partial charge is 0.416 e. The van der Waals surface area contributed by atoms with Crippen LogP contribution in [0.3, 0.4) is 0 Å². The van der Waals surface area contributed by atoms with Gasteiger partial charge in [0.2, 0.25) is 5.75 Å². The molecule has 7 heteroatoms. The quantitative estimate of drug-likeness (QED) is 0.850. The van der Waals surface area contributed by atoms with Crippen LogP contribution in [0.4, 0.5) is 13.2 Å². The number of methoxy groups -OCH3 is 3. The molecule has 0 unspecified atom stereocenters. The van der Waals surface area contributed by atoms with Crippen molar-refractivity contribution < 1.29 is 27.4 Å². The van der Waals surface area contributed by atoms with E-state index in [1.165, 1.54) is 45.6 Å². The van der Waals surface area contributed by atoms with Crippen LogP contribution in [0.1, 0.15) is 5.56 Å². The van der Waals surface area contributed by atoms with Gasteiger partial charge < -0.3 is 14.2 Å². The van der Waals surface area contributed by atoms with Crippen molar-refractivity contribution in [3.8, 4) is 28.4 Å². The highest BCUT2D eigenvalue weighted by Gasteiger charge is 2.30. The largest absolute Gasteiger partial charge is 0.493 e. The van der Waals surface area contributed by atoms with Crippen LogP contribution in [0.25, 0.3) is 11.1 Å². The Bertz CT molecular complexity index is 783. The van der Waals surface area contributed by atoms with E-state index >= 15 is 0 Å². The summed E-state index contributed by atoms with van der Waals surface area (Å²) >= 11 is 0. The fourth-order valence-corrected chi connectivity index (χ4v) is 2.27. The van der Waals surface area contributed by atoms with Crippen LogP contribution < -0.4 is 19.6 Å². The number of ether oxygens (including phenoxy) is 3. The Labute approximate surface area is 136 Å². The topological polar surface area (TPSA) is 44.8 Å². The van der Waals surface area contributed by atoms with Crippen LogP contribution >= 0.6 is 0 Å². The molecule has 0 aromatic heterocycles. The van der Waals surface area contributed by atoms with Crippen LogP contribution in [-0.4, -0.2) is 21.3 Å². The number of alkyl halides is 3. The van der Waals surface area contributed by atoms with E-state index in [1.807, 2.05) is 0 Å². The van der Waals surface area contributed by atoms with Gasteiger partial charge in [-0.25, -0.2) is 0 Å². The van der Waals surface area contributed by atoms with E-state index in [4.69, 9.17) is 14.2 Å². The molecule has 0 aliphatic rings. The molecule has 0 saturated heterocycles. The zero-order valence-electron chi connectivity index (χ0n) is 13.2. The Morgan fingerprint density at radius 3 is 1.83 bits per heavy atom. The summed E-state index contributed by atoms with van der Waals surface area (Å²) in [4.78, 5) is 12.5. The van der Waals surface area contributed by atoms with Crippen molar-refractivity contribution in [2.75, 3.05) is 21.3 Å². The standard InChI is InChI=1S/C17H15F3O4/c1-22-13-9-8-12(15(23-2)14(21)16(13)24-3)10-4-6-11(7-5-10)17(18,19)20/h4-9H,1-3H3. The number of benzene rings is 1. The van der Waals surface area contributed by atoms with Gasteiger partial charge in [0.1, 0.15) is 0 Å². The molecule has 2 aromatic rings. The third-order valence-electron chi connectivity index (χ3n) is 3.43. The predicted molar refractivity (Wildman–Crippen MR) is 82.8 cm³/mol. The lowest BCUT2D eigenvalue weighted by Gasteiger charge is -2.09. The molecule has 0 aliphatic carbocycles. The van der Waals surface area contributed by atoms with Crippen molar-refractivity contribution in [1.29, 1.82) is 0 Å². The summed E-state index contributed by atoms with van der Waals surface area (Å²) in [6, 6.07) is 7.47. The molecule has 0 heterocycles. The normalized spacial score (nSPS) is 11.1. The van der Waals surface area contributed by atoms with Gasteiger partial charge in [-0.1, -0.05) is 12.1 Å². The molecule has 0 spiro atoms. The van der Waals surface area contributed by atoms with Crippen LogP contribution in [0, 0.1) is 0 Å². The third-order valence-corrected chi connectivity index (χ3v) is 3.43. The zero-order valence-corrected chi connectivity index (χ0v) is 13.2. The zero-order chi connectivity index (χ0) is 17.9. The van der Waals surface area contributed by atoms with Gasteiger partial charge in [-0.2, -0.15) is 13.2 Å². The minimum Gasteiger partial charge on any atom is -0.493 e. The van der Waals surface area contributed by atoms with Gasteiger partial charge in [0.05, 0.1) is 26.9 Å². The first-order valence-corrected chi connectivity index (χ1v) is 6.84. The predicted octanol–water partition coefficient (Wildman–Crippen LogP) is 3.76. The Balaban J connectivity index is 2.69. The Hall–Kier alpha value is -2.70. The lowest BCUT2D eigenvalue weighted by Crippen LogP contribution is -2.08. The van der Waals surface area contributed by atoms with Crippen molar-refractivity contribution in [3.05, 3.63) is 52.2 Å². The van der Waals surface area contributed by atoms with Crippen LogP contribution in [0.15, 0.2) is 41.2 Å². The van der Waals surface area contributed by atoms with Crippen LogP contribution in [0.5, 0.6) is 17.2 Å². The fraction of sp³-hybridized carbons (Fsp3) is 0.235. The monoisotopic (exact) mass is 340 g/mol. The summed E-state index contributed by atoms with van der Waals surface area (Å²) < 4.78 is 53.4. The summed E-state index contributed by atoms with van der Waals surface area (Å²) in [6.45, 7) is 0. The SMILES string of the molecule is COc1ccc(-c2ccc(C(F)(F)F)cc2)c(OC)c(=O)c1OC. The summed E-state index contributed by atoms with van der Waals surface area (Å²) in [6.07, 6.45) is -4.43. The molecule has 24 heavy (non-hydrogen) atoms. The number of halogens is 3. The van der Waals surface area contributed by atoms with E-state index in [9.17, 15) is 18.0 Å². The molecule has 0 radical (unpaired) electrons. The second-order valence-electron chi connectivity index (χ2n) is 4.79. The van der Waals surface area contributed by atoms with Crippen molar-refractivity contribution in [2.24, 2.45) is 0 Å². The molecule has 0 aliphatic heterocycles. The highest BCUT2D eigenvalue weighted by Crippen LogP contribution is 2.34. The Kier molecular flexibility index (Phi) is 5.02. The van der Waals surface area contributed by atoms with Crippen LogP contribution in [0.2, 0.25) is 0 Å². The second kappa shape index (κ2) is 6.82. The van der Waals surface area contributed by atoms with Crippen molar-refractivity contribution in [1.82, 2.24) is 0 Å². The van der Waals surface area contributed by atoms with Crippen molar-refractivity contribution in [2.45, 2.75) is 6.18 Å². The maximum Gasteiger partial charge on any atom is 0.416 e. The Morgan fingerprint density at radius 1 is 0.792 bits per heavy atom.